The Morgan fingerprint density at radius 1 is 1.58 bits per heavy atom. The summed E-state index contributed by atoms with van der Waals surface area (Å²) < 4.78 is 0. The average molecular weight is 174 g/mol. The lowest BCUT2D eigenvalue weighted by Gasteiger charge is -2.24. The SMILES string of the molecule is CCC(C)N(CC(=O)O)C(N)=O. The maximum atomic E-state index is 10.7. The van der Waals surface area contributed by atoms with Crippen molar-refractivity contribution in [1.29, 1.82) is 0 Å². The van der Waals surface area contributed by atoms with E-state index in [0.717, 1.165) is 4.90 Å². The molecule has 12 heavy (non-hydrogen) atoms. The standard InChI is InChI=1S/C7H14N2O3/c1-3-5(2)9(7(8)12)4-6(10)11/h5H,3-4H2,1-2H3,(H2,8,12)(H,10,11). The van der Waals surface area contributed by atoms with Crippen molar-refractivity contribution in [3.8, 4) is 0 Å². The summed E-state index contributed by atoms with van der Waals surface area (Å²) in [6.45, 7) is 3.29. The summed E-state index contributed by atoms with van der Waals surface area (Å²) in [5.41, 5.74) is 4.99. The lowest BCUT2D eigenvalue weighted by molar-refractivity contribution is -0.138. The Morgan fingerprint density at radius 2 is 2.08 bits per heavy atom. The third kappa shape index (κ3) is 3.23. The number of hydrogen-bond donors (Lipinski definition) is 2. The monoisotopic (exact) mass is 174 g/mol. The van der Waals surface area contributed by atoms with Crippen molar-refractivity contribution < 1.29 is 14.7 Å². The van der Waals surface area contributed by atoms with Gasteiger partial charge in [0.05, 0.1) is 0 Å². The minimum atomic E-state index is -1.05. The Balaban J connectivity index is 4.22. The van der Waals surface area contributed by atoms with Crippen LogP contribution in [0.4, 0.5) is 4.79 Å². The summed E-state index contributed by atoms with van der Waals surface area (Å²) in [6, 6.07) is -0.814. The highest BCUT2D eigenvalue weighted by Crippen LogP contribution is 2.01. The van der Waals surface area contributed by atoms with Gasteiger partial charge in [-0.1, -0.05) is 6.92 Å². The van der Waals surface area contributed by atoms with Crippen LogP contribution in [0.1, 0.15) is 20.3 Å². The molecule has 3 N–H and O–H groups in total. The second-order valence-corrected chi connectivity index (χ2v) is 2.62. The highest BCUT2D eigenvalue weighted by atomic mass is 16.4. The summed E-state index contributed by atoms with van der Waals surface area (Å²) in [5.74, 6) is -1.05. The number of nitrogens with zero attached hydrogens (tertiary/aromatic N) is 1. The molecule has 0 aliphatic carbocycles. The molecule has 0 aromatic rings. The summed E-state index contributed by atoms with van der Waals surface area (Å²) >= 11 is 0. The van der Waals surface area contributed by atoms with E-state index in [1.807, 2.05) is 6.92 Å². The van der Waals surface area contributed by atoms with Crippen molar-refractivity contribution in [3.63, 3.8) is 0 Å². The van der Waals surface area contributed by atoms with Gasteiger partial charge in [-0.2, -0.15) is 0 Å². The van der Waals surface area contributed by atoms with Gasteiger partial charge in [-0.3, -0.25) is 4.79 Å². The summed E-state index contributed by atoms with van der Waals surface area (Å²) in [5, 5.41) is 8.43. The van der Waals surface area contributed by atoms with Gasteiger partial charge in [0, 0.05) is 6.04 Å². The molecule has 0 saturated carbocycles. The van der Waals surface area contributed by atoms with E-state index < -0.39 is 12.0 Å². The number of aliphatic carboxylic acids is 1. The highest BCUT2D eigenvalue weighted by molar-refractivity contribution is 5.79. The Morgan fingerprint density at radius 3 is 2.33 bits per heavy atom. The van der Waals surface area contributed by atoms with Crippen LogP contribution in [0.5, 0.6) is 0 Å². The summed E-state index contributed by atoms with van der Waals surface area (Å²) in [7, 11) is 0. The number of carbonyl (C=O) groups is 2. The van der Waals surface area contributed by atoms with Gasteiger partial charge in [0.15, 0.2) is 0 Å². The number of carboxylic acids is 1. The molecule has 0 aromatic carbocycles. The van der Waals surface area contributed by atoms with E-state index in [9.17, 15) is 9.59 Å². The second kappa shape index (κ2) is 4.58. The van der Waals surface area contributed by atoms with Gasteiger partial charge in [-0.05, 0) is 13.3 Å². The molecule has 5 heteroatoms. The summed E-state index contributed by atoms with van der Waals surface area (Å²) in [4.78, 5) is 22.1. The molecule has 0 bridgehead atoms. The molecule has 0 saturated heterocycles. The molecule has 0 aromatic heterocycles. The minimum Gasteiger partial charge on any atom is -0.480 e. The van der Waals surface area contributed by atoms with Gasteiger partial charge in [0.25, 0.3) is 0 Å². The van der Waals surface area contributed by atoms with Crippen LogP contribution < -0.4 is 5.73 Å². The van der Waals surface area contributed by atoms with E-state index in [0.29, 0.717) is 6.42 Å². The third-order valence-corrected chi connectivity index (χ3v) is 1.71. The molecule has 2 amide bonds. The zero-order valence-corrected chi connectivity index (χ0v) is 7.28. The van der Waals surface area contributed by atoms with E-state index in [1.54, 1.807) is 6.92 Å². The Hall–Kier alpha value is -1.26. The largest absolute Gasteiger partial charge is 0.480 e. The highest BCUT2D eigenvalue weighted by Gasteiger charge is 2.18. The first kappa shape index (κ1) is 10.7. The average Bonchev–Trinajstić information content (AvgIpc) is 1.98. The smallest absolute Gasteiger partial charge is 0.323 e. The fourth-order valence-electron chi connectivity index (χ4n) is 0.817. The first-order valence-electron chi connectivity index (χ1n) is 3.76. The molecule has 0 rings (SSSR count). The lowest BCUT2D eigenvalue weighted by Crippen LogP contribution is -2.44. The number of urea groups is 1. The molecular formula is C7H14N2O3. The van der Waals surface area contributed by atoms with E-state index in [2.05, 4.69) is 0 Å². The molecule has 0 fully saturated rings. The molecule has 0 aliphatic rings. The number of carbonyl (C=O) groups excluding carboxylic acids is 1. The number of carboxylic acid groups (broad SMARTS) is 1. The normalized spacial score (nSPS) is 12.2. The van der Waals surface area contributed by atoms with Crippen LogP contribution in [-0.2, 0) is 4.79 Å². The zero-order valence-electron chi connectivity index (χ0n) is 7.28. The molecule has 1 atom stereocenters. The molecule has 70 valence electrons. The van der Waals surface area contributed by atoms with Crippen molar-refractivity contribution in [1.82, 2.24) is 4.90 Å². The van der Waals surface area contributed by atoms with Gasteiger partial charge >= 0.3 is 12.0 Å². The Bertz CT molecular complexity index is 181. The van der Waals surface area contributed by atoms with Crippen molar-refractivity contribution in [2.75, 3.05) is 6.54 Å². The lowest BCUT2D eigenvalue weighted by atomic mass is 10.2. The van der Waals surface area contributed by atoms with Crippen molar-refractivity contribution in [2.24, 2.45) is 5.73 Å². The topological polar surface area (TPSA) is 83.6 Å². The maximum absolute atomic E-state index is 10.7. The fraction of sp³-hybridized carbons (Fsp3) is 0.714. The maximum Gasteiger partial charge on any atom is 0.323 e. The van der Waals surface area contributed by atoms with Crippen molar-refractivity contribution >= 4 is 12.0 Å². The van der Waals surface area contributed by atoms with Crippen LogP contribution in [0.25, 0.3) is 0 Å². The van der Waals surface area contributed by atoms with Gasteiger partial charge in [-0.25, -0.2) is 4.79 Å². The molecule has 0 spiro atoms. The van der Waals surface area contributed by atoms with Crippen LogP contribution in [0.3, 0.4) is 0 Å². The molecule has 0 radical (unpaired) electrons. The van der Waals surface area contributed by atoms with Crippen molar-refractivity contribution in [3.05, 3.63) is 0 Å². The predicted molar refractivity (Wildman–Crippen MR) is 43.7 cm³/mol. The quantitative estimate of drug-likeness (QED) is 0.640. The number of primary amides is 1. The predicted octanol–water partition coefficient (Wildman–Crippen LogP) is 0.250. The first-order valence-corrected chi connectivity index (χ1v) is 3.76. The van der Waals surface area contributed by atoms with Crippen LogP contribution in [0.2, 0.25) is 0 Å². The molecule has 1 unspecified atom stereocenters. The van der Waals surface area contributed by atoms with Gasteiger partial charge < -0.3 is 15.7 Å². The Kier molecular flexibility index (Phi) is 4.10. The number of hydrogen-bond acceptors (Lipinski definition) is 2. The van der Waals surface area contributed by atoms with E-state index in [1.165, 1.54) is 0 Å². The Labute approximate surface area is 71.1 Å². The third-order valence-electron chi connectivity index (χ3n) is 1.71. The number of nitrogens with two attached hydrogens (primary N) is 1. The number of amides is 2. The molecule has 0 heterocycles. The van der Waals surface area contributed by atoms with Gasteiger partial charge in [0.2, 0.25) is 0 Å². The summed E-state index contributed by atoms with van der Waals surface area (Å²) in [6.07, 6.45) is 0.691. The minimum absolute atomic E-state index is 0.126. The van der Waals surface area contributed by atoms with Crippen LogP contribution in [-0.4, -0.2) is 34.6 Å². The van der Waals surface area contributed by atoms with Crippen LogP contribution >= 0.6 is 0 Å². The second-order valence-electron chi connectivity index (χ2n) is 2.62. The van der Waals surface area contributed by atoms with E-state index in [-0.39, 0.29) is 12.6 Å². The molecule has 0 aliphatic heterocycles. The van der Waals surface area contributed by atoms with Gasteiger partial charge in [0.1, 0.15) is 6.54 Å². The van der Waals surface area contributed by atoms with Crippen molar-refractivity contribution in [2.45, 2.75) is 26.3 Å². The van der Waals surface area contributed by atoms with E-state index >= 15 is 0 Å². The molecule has 5 nitrogen and oxygen atoms in total. The van der Waals surface area contributed by atoms with Crippen LogP contribution in [0, 0.1) is 0 Å². The number of rotatable bonds is 4. The van der Waals surface area contributed by atoms with Gasteiger partial charge in [-0.15, -0.1) is 0 Å². The fourth-order valence-corrected chi connectivity index (χ4v) is 0.817. The van der Waals surface area contributed by atoms with Crippen LogP contribution in [0.15, 0.2) is 0 Å². The zero-order chi connectivity index (χ0) is 9.72. The first-order chi connectivity index (χ1) is 5.49. The van der Waals surface area contributed by atoms with E-state index in [4.69, 9.17) is 10.8 Å². The molecular weight excluding hydrogens is 160 g/mol.